The molecule has 0 aliphatic rings. The highest BCUT2D eigenvalue weighted by molar-refractivity contribution is 9.10. The molecule has 19 heavy (non-hydrogen) atoms. The number of hydrogen-bond acceptors (Lipinski definition) is 2. The first-order chi connectivity index (χ1) is 9.02. The summed E-state index contributed by atoms with van der Waals surface area (Å²) in [6.07, 6.45) is -1.08. The van der Waals surface area contributed by atoms with Crippen LogP contribution in [0.4, 0.5) is 4.39 Å². The van der Waals surface area contributed by atoms with Crippen molar-refractivity contribution in [3.05, 3.63) is 62.8 Å². The van der Waals surface area contributed by atoms with Crippen molar-refractivity contribution >= 4 is 27.5 Å². The minimum Gasteiger partial charge on any atom is -0.495 e. The van der Waals surface area contributed by atoms with Crippen molar-refractivity contribution < 1.29 is 14.2 Å². The molecule has 0 aliphatic carbocycles. The fraction of sp³-hybridized carbons (Fsp3) is 0.143. The standard InChI is InChI=1S/C14H11BrClFO2/c1-19-13-6-8(2-4-11(13)16)14(18)10-7-9(15)3-5-12(10)17/h2-7,14,18H,1H3. The third-order valence-corrected chi connectivity index (χ3v) is 3.55. The minimum absolute atomic E-state index is 0.193. The summed E-state index contributed by atoms with van der Waals surface area (Å²) in [5.74, 6) is -0.0294. The Balaban J connectivity index is 2.43. The highest BCUT2D eigenvalue weighted by Gasteiger charge is 2.17. The average Bonchev–Trinajstić information content (AvgIpc) is 2.41. The van der Waals surface area contributed by atoms with E-state index in [4.69, 9.17) is 16.3 Å². The van der Waals surface area contributed by atoms with E-state index in [2.05, 4.69) is 15.9 Å². The fourth-order valence-electron chi connectivity index (χ4n) is 1.75. The number of halogens is 3. The summed E-state index contributed by atoms with van der Waals surface area (Å²) in [6, 6.07) is 9.25. The number of rotatable bonds is 3. The quantitative estimate of drug-likeness (QED) is 0.897. The lowest BCUT2D eigenvalue weighted by Crippen LogP contribution is -2.03. The molecule has 5 heteroatoms. The van der Waals surface area contributed by atoms with Crippen LogP contribution in [0.2, 0.25) is 5.02 Å². The molecular weight excluding hydrogens is 335 g/mol. The molecule has 0 radical (unpaired) electrons. The van der Waals surface area contributed by atoms with Gasteiger partial charge in [0, 0.05) is 10.0 Å². The summed E-state index contributed by atoms with van der Waals surface area (Å²) in [5.41, 5.74) is 0.706. The molecule has 2 aromatic rings. The third-order valence-electron chi connectivity index (χ3n) is 2.74. The monoisotopic (exact) mass is 344 g/mol. The van der Waals surface area contributed by atoms with Gasteiger partial charge in [-0.05, 0) is 35.9 Å². The van der Waals surface area contributed by atoms with Crippen molar-refractivity contribution in [1.29, 1.82) is 0 Å². The van der Waals surface area contributed by atoms with Crippen LogP contribution >= 0.6 is 27.5 Å². The van der Waals surface area contributed by atoms with Gasteiger partial charge in [0.2, 0.25) is 0 Å². The van der Waals surface area contributed by atoms with Crippen molar-refractivity contribution in [2.45, 2.75) is 6.10 Å². The molecule has 0 heterocycles. The van der Waals surface area contributed by atoms with Gasteiger partial charge in [-0.3, -0.25) is 0 Å². The smallest absolute Gasteiger partial charge is 0.137 e. The van der Waals surface area contributed by atoms with Crippen molar-refractivity contribution in [3.8, 4) is 5.75 Å². The first-order valence-electron chi connectivity index (χ1n) is 5.49. The summed E-state index contributed by atoms with van der Waals surface area (Å²) in [5, 5.41) is 10.7. The van der Waals surface area contributed by atoms with Crippen molar-refractivity contribution in [2.75, 3.05) is 7.11 Å². The Morgan fingerprint density at radius 3 is 2.68 bits per heavy atom. The molecule has 0 saturated heterocycles. The average molecular weight is 346 g/mol. The molecule has 0 spiro atoms. The Morgan fingerprint density at radius 1 is 1.26 bits per heavy atom. The number of methoxy groups -OCH3 is 1. The maximum Gasteiger partial charge on any atom is 0.137 e. The fourth-order valence-corrected chi connectivity index (χ4v) is 2.32. The largest absolute Gasteiger partial charge is 0.495 e. The number of aliphatic hydroxyl groups excluding tert-OH is 1. The zero-order chi connectivity index (χ0) is 14.0. The molecule has 0 aromatic heterocycles. The first-order valence-corrected chi connectivity index (χ1v) is 6.66. The molecule has 0 fully saturated rings. The SMILES string of the molecule is COc1cc(C(O)c2cc(Br)ccc2F)ccc1Cl. The predicted octanol–water partition coefficient (Wildman–Crippen LogP) is 4.33. The van der Waals surface area contributed by atoms with E-state index < -0.39 is 11.9 Å². The molecule has 0 saturated carbocycles. The molecule has 1 atom stereocenters. The number of hydrogen-bond donors (Lipinski definition) is 1. The van der Waals surface area contributed by atoms with E-state index in [1.807, 2.05) is 0 Å². The van der Waals surface area contributed by atoms with E-state index in [1.54, 1.807) is 30.3 Å². The highest BCUT2D eigenvalue weighted by atomic mass is 79.9. The first kappa shape index (κ1) is 14.3. The molecule has 2 nitrogen and oxygen atoms in total. The van der Waals surface area contributed by atoms with E-state index in [9.17, 15) is 9.50 Å². The van der Waals surface area contributed by atoms with Crippen LogP contribution in [0.1, 0.15) is 17.2 Å². The molecule has 1 unspecified atom stereocenters. The molecule has 0 aliphatic heterocycles. The van der Waals surface area contributed by atoms with Gasteiger partial charge in [-0.15, -0.1) is 0 Å². The number of aliphatic hydroxyl groups is 1. The Hall–Kier alpha value is -1.10. The zero-order valence-electron chi connectivity index (χ0n) is 10.0. The predicted molar refractivity (Wildman–Crippen MR) is 76.2 cm³/mol. The Labute approximate surface area is 123 Å². The van der Waals surface area contributed by atoms with Crippen LogP contribution in [-0.4, -0.2) is 12.2 Å². The van der Waals surface area contributed by atoms with Crippen molar-refractivity contribution in [1.82, 2.24) is 0 Å². The van der Waals surface area contributed by atoms with E-state index in [-0.39, 0.29) is 5.56 Å². The molecule has 0 bridgehead atoms. The molecular formula is C14H11BrClFO2. The van der Waals surface area contributed by atoms with Crippen LogP contribution in [-0.2, 0) is 0 Å². The zero-order valence-corrected chi connectivity index (χ0v) is 12.4. The minimum atomic E-state index is -1.08. The maximum atomic E-state index is 13.7. The van der Waals surface area contributed by atoms with Gasteiger partial charge >= 0.3 is 0 Å². The topological polar surface area (TPSA) is 29.5 Å². The second kappa shape index (κ2) is 5.90. The lowest BCUT2D eigenvalue weighted by molar-refractivity contribution is 0.214. The third kappa shape index (κ3) is 3.08. The van der Waals surface area contributed by atoms with E-state index in [1.165, 1.54) is 13.2 Å². The normalized spacial score (nSPS) is 12.3. The van der Waals surface area contributed by atoms with Crippen LogP contribution < -0.4 is 4.74 Å². The summed E-state index contributed by atoms with van der Waals surface area (Å²) >= 11 is 9.17. The van der Waals surface area contributed by atoms with Crippen molar-refractivity contribution in [2.24, 2.45) is 0 Å². The summed E-state index contributed by atoms with van der Waals surface area (Å²) in [4.78, 5) is 0. The molecule has 2 rings (SSSR count). The van der Waals surface area contributed by atoms with Gasteiger partial charge in [0.1, 0.15) is 17.7 Å². The lowest BCUT2D eigenvalue weighted by Gasteiger charge is -2.14. The van der Waals surface area contributed by atoms with E-state index in [0.29, 0.717) is 20.8 Å². The summed E-state index contributed by atoms with van der Waals surface area (Å²) in [6.45, 7) is 0. The van der Waals surface area contributed by atoms with Gasteiger partial charge in [0.15, 0.2) is 0 Å². The van der Waals surface area contributed by atoms with Gasteiger partial charge in [-0.25, -0.2) is 4.39 Å². The highest BCUT2D eigenvalue weighted by Crippen LogP contribution is 2.32. The summed E-state index contributed by atoms with van der Waals surface area (Å²) in [7, 11) is 1.48. The second-order valence-electron chi connectivity index (χ2n) is 3.96. The van der Waals surface area contributed by atoms with E-state index in [0.717, 1.165) is 0 Å². The van der Waals surface area contributed by atoms with Crippen LogP contribution in [0.25, 0.3) is 0 Å². The van der Waals surface area contributed by atoms with Gasteiger partial charge in [0.05, 0.1) is 12.1 Å². The van der Waals surface area contributed by atoms with Crippen LogP contribution in [0.3, 0.4) is 0 Å². The van der Waals surface area contributed by atoms with Gasteiger partial charge in [-0.2, -0.15) is 0 Å². The molecule has 0 amide bonds. The lowest BCUT2D eigenvalue weighted by atomic mass is 10.0. The van der Waals surface area contributed by atoms with Gasteiger partial charge in [-0.1, -0.05) is 33.6 Å². The Kier molecular flexibility index (Phi) is 4.45. The van der Waals surface area contributed by atoms with Crippen molar-refractivity contribution in [3.63, 3.8) is 0 Å². The molecule has 2 aromatic carbocycles. The Morgan fingerprint density at radius 2 is 2.00 bits per heavy atom. The van der Waals surface area contributed by atoms with Crippen LogP contribution in [0.15, 0.2) is 40.9 Å². The molecule has 1 N–H and O–H groups in total. The maximum absolute atomic E-state index is 13.7. The summed E-state index contributed by atoms with van der Waals surface area (Å²) < 4.78 is 19.5. The number of ether oxygens (including phenoxy) is 1. The van der Waals surface area contributed by atoms with Crippen LogP contribution in [0.5, 0.6) is 5.75 Å². The van der Waals surface area contributed by atoms with Crippen LogP contribution in [0, 0.1) is 5.82 Å². The number of benzene rings is 2. The molecule has 100 valence electrons. The van der Waals surface area contributed by atoms with Gasteiger partial charge in [0.25, 0.3) is 0 Å². The second-order valence-corrected chi connectivity index (χ2v) is 5.29. The Bertz CT molecular complexity index is 604. The van der Waals surface area contributed by atoms with Gasteiger partial charge < -0.3 is 9.84 Å². The van der Waals surface area contributed by atoms with E-state index >= 15 is 0 Å².